The van der Waals surface area contributed by atoms with Gasteiger partial charge in [-0.15, -0.1) is 0 Å². The van der Waals surface area contributed by atoms with Crippen molar-refractivity contribution in [3.63, 3.8) is 0 Å². The number of rotatable bonds is 6. The lowest BCUT2D eigenvalue weighted by molar-refractivity contribution is -0.134. The number of fused-ring (bicyclic) bond motifs is 1. The number of nitrogens with zero attached hydrogens (tertiary/aromatic N) is 3. The highest BCUT2D eigenvalue weighted by Gasteiger charge is 2.16. The molecule has 21 heavy (non-hydrogen) atoms. The van der Waals surface area contributed by atoms with Gasteiger partial charge < -0.3 is 19.7 Å². The normalized spacial score (nSPS) is 11.0. The predicted octanol–water partition coefficient (Wildman–Crippen LogP) is -1.43. The van der Waals surface area contributed by atoms with Crippen LogP contribution in [0.25, 0.3) is 11.2 Å². The topological polar surface area (TPSA) is 131 Å². The molecule has 2 heterocycles. The summed E-state index contributed by atoms with van der Waals surface area (Å²) in [6.07, 6.45) is 0. The van der Waals surface area contributed by atoms with E-state index in [0.717, 1.165) is 0 Å². The van der Waals surface area contributed by atoms with Gasteiger partial charge in [-0.3, -0.25) is 19.1 Å². The van der Waals surface area contributed by atoms with Crippen molar-refractivity contribution in [1.82, 2.24) is 19.1 Å². The summed E-state index contributed by atoms with van der Waals surface area (Å²) in [5, 5.41) is 11.3. The van der Waals surface area contributed by atoms with E-state index in [1.807, 2.05) is 0 Å². The Labute approximate surface area is 118 Å². The minimum Gasteiger partial charge on any atom is -0.480 e. The zero-order chi connectivity index (χ0) is 15.6. The molecule has 0 radical (unpaired) electrons. The van der Waals surface area contributed by atoms with E-state index < -0.39 is 17.2 Å². The smallest absolute Gasteiger partial charge is 0.330 e. The highest BCUT2D eigenvalue weighted by molar-refractivity contribution is 5.76. The molecule has 10 heteroatoms. The number of aryl methyl sites for hydroxylation is 1. The molecule has 0 spiro atoms. The zero-order valence-electron chi connectivity index (χ0n) is 11.5. The van der Waals surface area contributed by atoms with Gasteiger partial charge in [-0.1, -0.05) is 0 Å². The molecule has 0 amide bonds. The van der Waals surface area contributed by atoms with Gasteiger partial charge >= 0.3 is 11.7 Å². The van der Waals surface area contributed by atoms with Crippen molar-refractivity contribution < 1.29 is 14.6 Å². The minimum atomic E-state index is -1.06. The summed E-state index contributed by atoms with van der Waals surface area (Å²) >= 11 is 0. The molecule has 3 N–H and O–H groups in total. The fourth-order valence-corrected chi connectivity index (χ4v) is 1.95. The van der Waals surface area contributed by atoms with Crippen LogP contribution in [0.5, 0.6) is 0 Å². The number of aliphatic carboxylic acids is 1. The van der Waals surface area contributed by atoms with Crippen molar-refractivity contribution in [2.24, 2.45) is 7.05 Å². The maximum Gasteiger partial charge on any atom is 0.330 e. The molecule has 0 bridgehead atoms. The average molecular weight is 297 g/mol. The molecule has 2 aromatic heterocycles. The molecule has 114 valence electrons. The molecule has 0 aliphatic carbocycles. The number of imidazole rings is 1. The molecule has 2 rings (SSSR count). The standard InChI is InChI=1S/C11H15N5O5/c1-15-7-8(13-10(15)12-5-6(17)18)16(3-4-21-2)11(20)14-9(7)19/h3-5H2,1-2H3,(H,12,13)(H,17,18)(H,14,19,20). The van der Waals surface area contributed by atoms with E-state index in [9.17, 15) is 14.4 Å². The molecule has 0 saturated heterocycles. The van der Waals surface area contributed by atoms with Gasteiger partial charge in [-0.25, -0.2) is 4.79 Å². The number of anilines is 1. The number of hydrogen-bond acceptors (Lipinski definition) is 6. The van der Waals surface area contributed by atoms with Crippen LogP contribution >= 0.6 is 0 Å². The van der Waals surface area contributed by atoms with Crippen LogP contribution in [-0.2, 0) is 23.1 Å². The van der Waals surface area contributed by atoms with Crippen molar-refractivity contribution in [3.8, 4) is 0 Å². The summed E-state index contributed by atoms with van der Waals surface area (Å²) in [7, 11) is 3.05. The Morgan fingerprint density at radius 3 is 2.81 bits per heavy atom. The van der Waals surface area contributed by atoms with Crippen molar-refractivity contribution in [2.75, 3.05) is 25.6 Å². The molecule has 0 aromatic carbocycles. The zero-order valence-corrected chi connectivity index (χ0v) is 11.5. The van der Waals surface area contributed by atoms with E-state index in [-0.39, 0.29) is 36.8 Å². The van der Waals surface area contributed by atoms with Gasteiger partial charge in [0.15, 0.2) is 11.2 Å². The first kappa shape index (κ1) is 14.8. The molecule has 0 aliphatic rings. The highest BCUT2D eigenvalue weighted by atomic mass is 16.5. The van der Waals surface area contributed by atoms with E-state index >= 15 is 0 Å². The van der Waals surface area contributed by atoms with Crippen LogP contribution in [0.3, 0.4) is 0 Å². The minimum absolute atomic E-state index is 0.177. The van der Waals surface area contributed by atoms with Crippen molar-refractivity contribution >= 4 is 23.1 Å². The van der Waals surface area contributed by atoms with Gasteiger partial charge in [0.2, 0.25) is 5.95 Å². The molecule has 0 atom stereocenters. The summed E-state index contributed by atoms with van der Waals surface area (Å²) in [5.74, 6) is -0.873. The molecule has 0 fully saturated rings. The van der Waals surface area contributed by atoms with Crippen LogP contribution in [0.15, 0.2) is 9.59 Å². The number of aromatic nitrogens is 4. The Kier molecular flexibility index (Phi) is 4.08. The van der Waals surface area contributed by atoms with Crippen LogP contribution in [-0.4, -0.2) is 50.4 Å². The summed E-state index contributed by atoms with van der Waals surface area (Å²) < 4.78 is 7.59. The summed E-state index contributed by atoms with van der Waals surface area (Å²) in [5.41, 5.74) is -0.816. The third-order valence-corrected chi connectivity index (χ3v) is 2.93. The van der Waals surface area contributed by atoms with Crippen LogP contribution in [0.4, 0.5) is 5.95 Å². The number of H-pyrrole nitrogens is 1. The number of hydrogen-bond donors (Lipinski definition) is 3. The molecule has 0 aliphatic heterocycles. The van der Waals surface area contributed by atoms with E-state index in [2.05, 4.69) is 15.3 Å². The molecule has 0 unspecified atom stereocenters. The third-order valence-electron chi connectivity index (χ3n) is 2.93. The van der Waals surface area contributed by atoms with E-state index in [0.29, 0.717) is 0 Å². The fourth-order valence-electron chi connectivity index (χ4n) is 1.95. The highest BCUT2D eigenvalue weighted by Crippen LogP contribution is 2.13. The molecule has 0 saturated carbocycles. The Balaban J connectivity index is 2.59. The Bertz CT molecular complexity index is 787. The van der Waals surface area contributed by atoms with E-state index in [1.54, 1.807) is 7.05 Å². The van der Waals surface area contributed by atoms with Crippen molar-refractivity contribution in [1.29, 1.82) is 0 Å². The number of carbonyl (C=O) groups is 1. The van der Waals surface area contributed by atoms with E-state index in [1.165, 1.54) is 16.2 Å². The van der Waals surface area contributed by atoms with Gasteiger partial charge in [-0.05, 0) is 0 Å². The van der Waals surface area contributed by atoms with Gasteiger partial charge in [0, 0.05) is 14.2 Å². The number of carboxylic acids is 1. The number of carboxylic acid groups (broad SMARTS) is 1. The summed E-state index contributed by atoms with van der Waals surface area (Å²) in [6, 6.07) is 0. The van der Waals surface area contributed by atoms with Crippen molar-refractivity contribution in [2.45, 2.75) is 6.54 Å². The summed E-state index contributed by atoms with van der Waals surface area (Å²) in [4.78, 5) is 40.7. The summed E-state index contributed by atoms with van der Waals surface area (Å²) in [6.45, 7) is 0.144. The second kappa shape index (κ2) is 5.79. The maximum atomic E-state index is 11.9. The van der Waals surface area contributed by atoms with Crippen molar-refractivity contribution in [3.05, 3.63) is 20.8 Å². The molecule has 2 aromatic rings. The van der Waals surface area contributed by atoms with Crippen LogP contribution in [0, 0.1) is 0 Å². The lowest BCUT2D eigenvalue weighted by atomic mass is 10.5. The number of aromatic amines is 1. The monoisotopic (exact) mass is 297 g/mol. The molecular weight excluding hydrogens is 282 g/mol. The average Bonchev–Trinajstić information content (AvgIpc) is 2.73. The first-order valence-electron chi connectivity index (χ1n) is 6.10. The maximum absolute atomic E-state index is 11.9. The fraction of sp³-hybridized carbons (Fsp3) is 0.455. The van der Waals surface area contributed by atoms with Gasteiger partial charge in [0.05, 0.1) is 13.2 Å². The number of ether oxygens (including phenoxy) is 1. The SMILES string of the molecule is COCCn1c(=O)[nH]c(=O)c2c1nc(NCC(=O)O)n2C. The second-order valence-corrected chi connectivity index (χ2v) is 4.32. The van der Waals surface area contributed by atoms with Gasteiger partial charge in [-0.2, -0.15) is 4.98 Å². The van der Waals surface area contributed by atoms with Crippen LogP contribution in [0.1, 0.15) is 0 Å². The van der Waals surface area contributed by atoms with Gasteiger partial charge in [0.1, 0.15) is 6.54 Å². The number of nitrogens with one attached hydrogen (secondary N) is 2. The largest absolute Gasteiger partial charge is 0.480 e. The first-order valence-corrected chi connectivity index (χ1v) is 6.10. The first-order chi connectivity index (χ1) is 9.95. The third kappa shape index (κ3) is 2.79. The Hall–Kier alpha value is -2.62. The van der Waals surface area contributed by atoms with Gasteiger partial charge in [0.25, 0.3) is 5.56 Å². The predicted molar refractivity (Wildman–Crippen MR) is 73.6 cm³/mol. The number of methoxy groups -OCH3 is 1. The Morgan fingerprint density at radius 2 is 2.19 bits per heavy atom. The quantitative estimate of drug-likeness (QED) is 0.595. The van der Waals surface area contributed by atoms with Crippen LogP contribution < -0.4 is 16.6 Å². The Morgan fingerprint density at radius 1 is 1.48 bits per heavy atom. The van der Waals surface area contributed by atoms with Crippen LogP contribution in [0.2, 0.25) is 0 Å². The molecule has 10 nitrogen and oxygen atoms in total. The van der Waals surface area contributed by atoms with E-state index in [4.69, 9.17) is 9.84 Å². The molecular formula is C11H15N5O5. The second-order valence-electron chi connectivity index (χ2n) is 4.32. The lowest BCUT2D eigenvalue weighted by Gasteiger charge is -2.04. The lowest BCUT2D eigenvalue weighted by Crippen LogP contribution is -2.32.